The molecule has 0 aromatic heterocycles. The largest absolute Gasteiger partial charge is 0.486 e. The summed E-state index contributed by atoms with van der Waals surface area (Å²) in [6.45, 7) is 0.857. The van der Waals surface area contributed by atoms with Crippen molar-refractivity contribution in [2.24, 2.45) is 0 Å². The van der Waals surface area contributed by atoms with Crippen LogP contribution in [0.3, 0.4) is 0 Å². The smallest absolute Gasteiger partial charge is 0.251 e. The number of hydrogen-bond acceptors (Lipinski definition) is 4. The van der Waals surface area contributed by atoms with E-state index in [2.05, 4.69) is 5.32 Å². The summed E-state index contributed by atoms with van der Waals surface area (Å²) in [5.41, 5.74) is 0.912. The Morgan fingerprint density at radius 2 is 1.61 bits per heavy atom. The third-order valence-corrected chi connectivity index (χ3v) is 3.63. The summed E-state index contributed by atoms with van der Waals surface area (Å²) in [7, 11) is 0. The van der Waals surface area contributed by atoms with Gasteiger partial charge in [-0.05, 0) is 42.5 Å². The number of nitrogens with one attached hydrogen (secondary N) is 1. The Hall–Kier alpha value is -2.53. The zero-order valence-electron chi connectivity index (χ0n) is 12.2. The highest BCUT2D eigenvalue weighted by Crippen LogP contribution is 2.30. The fraction of sp³-hybridized carbons (Fsp3) is 0.176. The molecule has 1 aliphatic heterocycles. The molecule has 1 N–H and O–H groups in total. The predicted molar refractivity (Wildman–Crippen MR) is 85.5 cm³/mol. The molecule has 0 aliphatic carbocycles. The van der Waals surface area contributed by atoms with E-state index in [9.17, 15) is 9.59 Å². The van der Waals surface area contributed by atoms with Gasteiger partial charge in [0.15, 0.2) is 17.3 Å². The van der Waals surface area contributed by atoms with E-state index in [1.165, 1.54) is 0 Å². The number of carbonyl (C=O) groups is 2. The number of ketones is 1. The van der Waals surface area contributed by atoms with Gasteiger partial charge in [-0.3, -0.25) is 9.59 Å². The second-order valence-electron chi connectivity index (χ2n) is 4.97. The van der Waals surface area contributed by atoms with E-state index in [-0.39, 0.29) is 18.2 Å². The zero-order chi connectivity index (χ0) is 16.2. The highest BCUT2D eigenvalue weighted by molar-refractivity contribution is 6.30. The van der Waals surface area contributed by atoms with Crippen LogP contribution in [0.25, 0.3) is 0 Å². The standard InChI is InChI=1S/C17H14ClNO4/c18-13-4-1-11(2-5-13)14(20)10-19-17(21)12-3-6-15-16(9-12)23-8-7-22-15/h1-6,9H,7-8,10H2,(H,19,21). The van der Waals surface area contributed by atoms with Crippen LogP contribution in [0.2, 0.25) is 5.02 Å². The first-order valence-corrected chi connectivity index (χ1v) is 7.48. The molecule has 2 aromatic carbocycles. The first kappa shape index (κ1) is 15.4. The SMILES string of the molecule is O=C(CNC(=O)c1ccc2c(c1)OCCO2)c1ccc(Cl)cc1. The predicted octanol–water partition coefficient (Wildman–Crippen LogP) is 2.72. The number of Topliss-reactive ketones (excluding diaryl/α,β-unsaturated/α-hetero) is 1. The van der Waals surface area contributed by atoms with E-state index in [1.807, 2.05) is 0 Å². The van der Waals surface area contributed by atoms with Gasteiger partial charge in [0.2, 0.25) is 0 Å². The van der Waals surface area contributed by atoms with Crippen molar-refractivity contribution in [3.8, 4) is 11.5 Å². The lowest BCUT2D eigenvalue weighted by Gasteiger charge is -2.18. The molecule has 1 aliphatic rings. The maximum atomic E-state index is 12.1. The topological polar surface area (TPSA) is 64.6 Å². The van der Waals surface area contributed by atoms with E-state index in [0.29, 0.717) is 40.9 Å². The summed E-state index contributed by atoms with van der Waals surface area (Å²) in [6.07, 6.45) is 0. The van der Waals surface area contributed by atoms with Gasteiger partial charge in [-0.25, -0.2) is 0 Å². The molecule has 0 unspecified atom stereocenters. The Balaban J connectivity index is 1.63. The molecule has 0 bridgehead atoms. The highest BCUT2D eigenvalue weighted by atomic mass is 35.5. The first-order chi connectivity index (χ1) is 11.1. The Bertz CT molecular complexity index is 743. The van der Waals surface area contributed by atoms with Crippen molar-refractivity contribution in [1.29, 1.82) is 0 Å². The molecule has 5 nitrogen and oxygen atoms in total. The Morgan fingerprint density at radius 1 is 0.957 bits per heavy atom. The van der Waals surface area contributed by atoms with Crippen molar-refractivity contribution in [1.82, 2.24) is 5.32 Å². The van der Waals surface area contributed by atoms with Gasteiger partial charge in [-0.2, -0.15) is 0 Å². The quantitative estimate of drug-likeness (QED) is 0.875. The van der Waals surface area contributed by atoms with Crippen LogP contribution in [0.4, 0.5) is 0 Å². The van der Waals surface area contributed by atoms with Gasteiger partial charge in [-0.1, -0.05) is 11.6 Å². The molecule has 6 heteroatoms. The molecule has 1 amide bonds. The molecule has 0 radical (unpaired) electrons. The van der Waals surface area contributed by atoms with Crippen LogP contribution < -0.4 is 14.8 Å². The van der Waals surface area contributed by atoms with E-state index >= 15 is 0 Å². The van der Waals surface area contributed by atoms with Gasteiger partial charge in [0.1, 0.15) is 13.2 Å². The summed E-state index contributed by atoms with van der Waals surface area (Å²) < 4.78 is 10.8. The number of hydrogen-bond donors (Lipinski definition) is 1. The molecular weight excluding hydrogens is 318 g/mol. The van der Waals surface area contributed by atoms with E-state index < -0.39 is 0 Å². The lowest BCUT2D eigenvalue weighted by atomic mass is 10.1. The van der Waals surface area contributed by atoms with Crippen molar-refractivity contribution in [3.05, 3.63) is 58.6 Å². The minimum Gasteiger partial charge on any atom is -0.486 e. The molecule has 0 fully saturated rings. The minimum atomic E-state index is -0.343. The number of ether oxygens (including phenoxy) is 2. The third kappa shape index (κ3) is 3.63. The maximum Gasteiger partial charge on any atom is 0.251 e. The molecule has 0 atom stereocenters. The average Bonchev–Trinajstić information content (AvgIpc) is 2.59. The monoisotopic (exact) mass is 331 g/mol. The van der Waals surface area contributed by atoms with Gasteiger partial charge in [0.05, 0.1) is 6.54 Å². The number of halogens is 1. The number of fused-ring (bicyclic) bond motifs is 1. The molecule has 3 rings (SSSR count). The third-order valence-electron chi connectivity index (χ3n) is 3.38. The molecule has 0 saturated heterocycles. The van der Waals surface area contributed by atoms with Crippen LogP contribution in [-0.4, -0.2) is 31.4 Å². The average molecular weight is 332 g/mol. The van der Waals surface area contributed by atoms with Crippen molar-refractivity contribution < 1.29 is 19.1 Å². The van der Waals surface area contributed by atoms with Crippen molar-refractivity contribution in [2.45, 2.75) is 0 Å². The van der Waals surface area contributed by atoms with Crippen LogP contribution in [-0.2, 0) is 0 Å². The second kappa shape index (κ2) is 6.71. The fourth-order valence-corrected chi connectivity index (χ4v) is 2.31. The summed E-state index contributed by atoms with van der Waals surface area (Å²) in [4.78, 5) is 24.2. The van der Waals surface area contributed by atoms with E-state index in [4.69, 9.17) is 21.1 Å². The molecule has 0 spiro atoms. The summed E-state index contributed by atoms with van der Waals surface area (Å²) in [5, 5.41) is 3.16. The molecule has 1 heterocycles. The number of carbonyl (C=O) groups excluding carboxylic acids is 2. The highest BCUT2D eigenvalue weighted by Gasteiger charge is 2.15. The fourth-order valence-electron chi connectivity index (χ4n) is 2.19. The zero-order valence-corrected chi connectivity index (χ0v) is 12.9. The number of amides is 1. The van der Waals surface area contributed by atoms with Crippen molar-refractivity contribution in [3.63, 3.8) is 0 Å². The Labute approximate surface area is 138 Å². The van der Waals surface area contributed by atoms with Crippen molar-refractivity contribution in [2.75, 3.05) is 19.8 Å². The summed E-state index contributed by atoms with van der Waals surface area (Å²) in [5.74, 6) is 0.620. The number of rotatable bonds is 4. The maximum absolute atomic E-state index is 12.1. The first-order valence-electron chi connectivity index (χ1n) is 7.10. The van der Waals surface area contributed by atoms with Gasteiger partial charge >= 0.3 is 0 Å². The Morgan fingerprint density at radius 3 is 2.35 bits per heavy atom. The molecule has 0 saturated carbocycles. The van der Waals surface area contributed by atoms with Gasteiger partial charge in [0, 0.05) is 16.1 Å². The second-order valence-corrected chi connectivity index (χ2v) is 5.41. The van der Waals surface area contributed by atoms with Crippen LogP contribution in [0.15, 0.2) is 42.5 Å². The Kier molecular flexibility index (Phi) is 4.48. The lowest BCUT2D eigenvalue weighted by Crippen LogP contribution is -2.29. The normalized spacial score (nSPS) is 12.6. The van der Waals surface area contributed by atoms with Crippen LogP contribution in [0, 0.1) is 0 Å². The minimum absolute atomic E-state index is 0.0884. The molecule has 23 heavy (non-hydrogen) atoms. The van der Waals surface area contributed by atoms with Crippen LogP contribution in [0.1, 0.15) is 20.7 Å². The van der Waals surface area contributed by atoms with E-state index in [1.54, 1.807) is 42.5 Å². The van der Waals surface area contributed by atoms with Crippen molar-refractivity contribution >= 4 is 23.3 Å². The van der Waals surface area contributed by atoms with Crippen LogP contribution >= 0.6 is 11.6 Å². The molecular formula is C17H14ClNO4. The number of benzene rings is 2. The lowest BCUT2D eigenvalue weighted by molar-refractivity contribution is 0.0903. The molecule has 118 valence electrons. The van der Waals surface area contributed by atoms with E-state index in [0.717, 1.165) is 0 Å². The van der Waals surface area contributed by atoms with Crippen LogP contribution in [0.5, 0.6) is 11.5 Å². The van der Waals surface area contributed by atoms with Gasteiger partial charge in [-0.15, -0.1) is 0 Å². The summed E-state index contributed by atoms with van der Waals surface area (Å²) >= 11 is 5.78. The summed E-state index contributed by atoms with van der Waals surface area (Å²) in [6, 6.07) is 11.5. The molecule has 2 aromatic rings. The van der Waals surface area contributed by atoms with Gasteiger partial charge in [0.25, 0.3) is 5.91 Å². The van der Waals surface area contributed by atoms with Gasteiger partial charge < -0.3 is 14.8 Å².